The van der Waals surface area contributed by atoms with Crippen LogP contribution in [-0.4, -0.2) is 33.6 Å². The molecule has 1 unspecified atom stereocenters. The zero-order valence-electron chi connectivity index (χ0n) is 23.4. The highest BCUT2D eigenvalue weighted by Gasteiger charge is 2.43. The van der Waals surface area contributed by atoms with Gasteiger partial charge < -0.3 is 18.9 Å². The summed E-state index contributed by atoms with van der Waals surface area (Å²) in [5.41, 5.74) is 4.43. The zero-order valence-corrected chi connectivity index (χ0v) is 24.4. The molecule has 1 fully saturated rings. The van der Waals surface area contributed by atoms with Crippen molar-refractivity contribution < 1.29 is 18.9 Å². The quantitative estimate of drug-likeness (QED) is 0.281. The van der Waals surface area contributed by atoms with Crippen LogP contribution in [0.15, 0.2) is 54.6 Å². The second kappa shape index (κ2) is 11.4. The van der Waals surface area contributed by atoms with E-state index in [1.54, 1.807) is 28.4 Å². The molecule has 3 aromatic rings. The van der Waals surface area contributed by atoms with Crippen molar-refractivity contribution in [1.29, 1.82) is 0 Å². The van der Waals surface area contributed by atoms with Crippen LogP contribution in [0.1, 0.15) is 52.9 Å². The van der Waals surface area contributed by atoms with Crippen molar-refractivity contribution in [2.45, 2.75) is 58.0 Å². The van der Waals surface area contributed by atoms with Crippen LogP contribution in [0, 0.1) is 5.41 Å². The van der Waals surface area contributed by atoms with Gasteiger partial charge >= 0.3 is 0 Å². The largest absolute Gasteiger partial charge is 0.496 e. The molecular formula is C32H41O4P. The monoisotopic (exact) mass is 520 g/mol. The highest BCUT2D eigenvalue weighted by atomic mass is 31.1. The Morgan fingerprint density at radius 2 is 0.973 bits per heavy atom. The van der Waals surface area contributed by atoms with Gasteiger partial charge in [0.2, 0.25) is 0 Å². The standard InChI is InChI=1S/C32H41O4P/c1-31(2,3)32(20-9-8-10-21-32)37-30-22(28-24(33-4)16-12-17-25(28)34-5)14-11-15-23(30)29-26(35-6)18-13-19-27(29)36-7/h11-19,37H,8-10,20-21H2,1-7H3. The van der Waals surface area contributed by atoms with E-state index in [-0.39, 0.29) is 10.6 Å². The molecule has 198 valence electrons. The van der Waals surface area contributed by atoms with Gasteiger partial charge in [0.25, 0.3) is 0 Å². The smallest absolute Gasteiger partial charge is 0.130 e. The number of benzene rings is 3. The van der Waals surface area contributed by atoms with Crippen molar-refractivity contribution in [1.82, 2.24) is 0 Å². The van der Waals surface area contributed by atoms with Crippen molar-refractivity contribution in [3.63, 3.8) is 0 Å². The normalized spacial score (nSPS) is 15.5. The molecule has 37 heavy (non-hydrogen) atoms. The topological polar surface area (TPSA) is 36.9 Å². The second-order valence-corrected chi connectivity index (χ2v) is 12.5. The first-order chi connectivity index (χ1) is 17.8. The van der Waals surface area contributed by atoms with Crippen molar-refractivity contribution in [2.75, 3.05) is 28.4 Å². The molecule has 0 radical (unpaired) electrons. The average molecular weight is 521 g/mol. The van der Waals surface area contributed by atoms with Crippen LogP contribution in [0.25, 0.3) is 22.3 Å². The van der Waals surface area contributed by atoms with Crippen molar-refractivity contribution in [3.8, 4) is 45.3 Å². The summed E-state index contributed by atoms with van der Waals surface area (Å²) in [7, 11) is 7.50. The predicted molar refractivity (Wildman–Crippen MR) is 157 cm³/mol. The molecule has 3 aromatic carbocycles. The van der Waals surface area contributed by atoms with Crippen LogP contribution in [0.3, 0.4) is 0 Å². The zero-order chi connectivity index (χ0) is 26.6. The van der Waals surface area contributed by atoms with Crippen LogP contribution in [0.4, 0.5) is 0 Å². The molecule has 1 saturated carbocycles. The van der Waals surface area contributed by atoms with Crippen LogP contribution in [-0.2, 0) is 0 Å². The van der Waals surface area contributed by atoms with Crippen LogP contribution >= 0.6 is 8.58 Å². The number of hydrogen-bond acceptors (Lipinski definition) is 4. The van der Waals surface area contributed by atoms with E-state index >= 15 is 0 Å². The summed E-state index contributed by atoms with van der Waals surface area (Å²) in [6, 6.07) is 18.6. The van der Waals surface area contributed by atoms with E-state index < -0.39 is 0 Å². The third kappa shape index (κ3) is 5.18. The van der Waals surface area contributed by atoms with Gasteiger partial charge in [0.05, 0.1) is 39.6 Å². The highest BCUT2D eigenvalue weighted by molar-refractivity contribution is 7.50. The fourth-order valence-corrected chi connectivity index (χ4v) is 7.94. The fourth-order valence-electron chi connectivity index (χ4n) is 5.79. The molecular weight excluding hydrogens is 479 g/mol. The predicted octanol–water partition coefficient (Wildman–Crippen LogP) is 8.11. The van der Waals surface area contributed by atoms with E-state index in [2.05, 4.69) is 39.0 Å². The number of rotatable bonds is 8. The molecule has 5 heteroatoms. The number of ether oxygens (including phenoxy) is 4. The number of hydrogen-bond donors (Lipinski definition) is 0. The first kappa shape index (κ1) is 27.3. The molecule has 0 amide bonds. The molecule has 1 aliphatic rings. The minimum atomic E-state index is 0.159. The van der Waals surface area contributed by atoms with Gasteiger partial charge in [0.1, 0.15) is 23.0 Å². The third-order valence-corrected chi connectivity index (χ3v) is 10.5. The Hall–Kier alpha value is -2.71. The van der Waals surface area contributed by atoms with Gasteiger partial charge in [-0.1, -0.05) is 78.9 Å². The summed E-state index contributed by atoms with van der Waals surface area (Å²) in [4.78, 5) is 0. The minimum Gasteiger partial charge on any atom is -0.496 e. The van der Waals surface area contributed by atoms with Gasteiger partial charge in [-0.25, -0.2) is 0 Å². The van der Waals surface area contributed by atoms with Crippen molar-refractivity contribution in [2.24, 2.45) is 5.41 Å². The van der Waals surface area contributed by atoms with E-state index in [9.17, 15) is 0 Å². The van der Waals surface area contributed by atoms with Crippen LogP contribution in [0.5, 0.6) is 23.0 Å². The lowest BCUT2D eigenvalue weighted by molar-refractivity contribution is 0.215. The Morgan fingerprint density at radius 1 is 0.595 bits per heavy atom. The first-order valence-electron chi connectivity index (χ1n) is 13.1. The lowest BCUT2D eigenvalue weighted by Crippen LogP contribution is -2.42. The van der Waals surface area contributed by atoms with Crippen LogP contribution < -0.4 is 24.3 Å². The lowest BCUT2D eigenvalue weighted by atomic mass is 9.71. The van der Waals surface area contributed by atoms with Gasteiger partial charge in [-0.2, -0.15) is 0 Å². The molecule has 0 heterocycles. The lowest BCUT2D eigenvalue weighted by Gasteiger charge is -2.48. The maximum Gasteiger partial charge on any atom is 0.130 e. The molecule has 0 bridgehead atoms. The molecule has 1 atom stereocenters. The summed E-state index contributed by atoms with van der Waals surface area (Å²) >= 11 is 0. The van der Waals surface area contributed by atoms with E-state index in [1.165, 1.54) is 37.4 Å². The molecule has 0 spiro atoms. The minimum absolute atomic E-state index is 0.159. The summed E-state index contributed by atoms with van der Waals surface area (Å²) in [5.74, 6) is 3.23. The molecule has 1 aliphatic carbocycles. The number of methoxy groups -OCH3 is 4. The summed E-state index contributed by atoms with van der Waals surface area (Å²) < 4.78 is 23.6. The Balaban J connectivity index is 2.08. The van der Waals surface area contributed by atoms with E-state index in [0.717, 1.165) is 45.3 Å². The molecule has 4 nitrogen and oxygen atoms in total. The molecule has 0 aromatic heterocycles. The SMILES string of the molecule is COc1cccc(OC)c1-c1cccc(-c2c(OC)cccc2OC)c1PC1(C(C)(C)C)CCCCC1. The third-order valence-electron chi connectivity index (χ3n) is 7.97. The Bertz CT molecular complexity index is 1100. The highest BCUT2D eigenvalue weighted by Crippen LogP contribution is 2.57. The maximum absolute atomic E-state index is 5.89. The van der Waals surface area contributed by atoms with E-state index in [4.69, 9.17) is 18.9 Å². The van der Waals surface area contributed by atoms with Gasteiger partial charge in [-0.05, 0) is 64.1 Å². The van der Waals surface area contributed by atoms with Crippen LogP contribution in [0.2, 0.25) is 0 Å². The molecule has 0 aliphatic heterocycles. The summed E-state index contributed by atoms with van der Waals surface area (Å²) in [5, 5.41) is 1.51. The van der Waals surface area contributed by atoms with Crippen molar-refractivity contribution in [3.05, 3.63) is 54.6 Å². The van der Waals surface area contributed by atoms with Gasteiger partial charge in [-0.3, -0.25) is 0 Å². The molecule has 0 saturated heterocycles. The molecule has 4 rings (SSSR count). The fraction of sp³-hybridized carbons (Fsp3) is 0.438. The summed E-state index contributed by atoms with van der Waals surface area (Å²) in [6.07, 6.45) is 6.33. The van der Waals surface area contributed by atoms with Gasteiger partial charge in [0, 0.05) is 0 Å². The summed E-state index contributed by atoms with van der Waals surface area (Å²) in [6.45, 7) is 7.25. The Kier molecular flexibility index (Phi) is 8.39. The maximum atomic E-state index is 5.89. The Morgan fingerprint density at radius 3 is 1.32 bits per heavy atom. The van der Waals surface area contributed by atoms with Crippen molar-refractivity contribution >= 4 is 13.9 Å². The first-order valence-corrected chi connectivity index (χ1v) is 14.1. The Labute approximate surface area is 224 Å². The van der Waals surface area contributed by atoms with Gasteiger partial charge in [0.15, 0.2) is 0 Å². The van der Waals surface area contributed by atoms with Gasteiger partial charge in [-0.15, -0.1) is 0 Å². The second-order valence-electron chi connectivity index (χ2n) is 10.8. The van der Waals surface area contributed by atoms with E-state index in [1.807, 2.05) is 36.4 Å². The average Bonchev–Trinajstić information content (AvgIpc) is 2.92. The molecule has 0 N–H and O–H groups in total. The van der Waals surface area contributed by atoms with E-state index in [0.29, 0.717) is 8.58 Å².